The first kappa shape index (κ1) is 75.7. The van der Waals surface area contributed by atoms with Crippen molar-refractivity contribution in [2.24, 2.45) is 0 Å². The minimum absolute atomic E-state index is 0.0420. The molecule has 0 heterocycles. The third-order valence-electron chi connectivity index (χ3n) is 13.6. The van der Waals surface area contributed by atoms with Crippen LogP contribution in [-0.2, 0) is 32.7 Å². The molecule has 0 saturated heterocycles. The molecule has 0 radical (unpaired) electrons. The number of nitrogens with zero attached hydrogens (tertiary/aromatic N) is 1. The van der Waals surface area contributed by atoms with E-state index in [0.717, 1.165) is 96.3 Å². The van der Waals surface area contributed by atoms with E-state index in [4.69, 9.17) is 18.5 Å². The molecule has 0 aromatic rings. The number of quaternary nitrogens is 1. The first-order valence-corrected chi connectivity index (χ1v) is 33.6. The Kier molecular flexibility index (Phi) is 56.8. The molecule has 0 saturated carbocycles. The summed E-state index contributed by atoms with van der Waals surface area (Å²) in [5, 5.41) is 0. The highest BCUT2D eigenvalue weighted by Gasteiger charge is 2.22. The molecule has 0 aliphatic rings. The molecule has 9 nitrogen and oxygen atoms in total. The van der Waals surface area contributed by atoms with Crippen molar-refractivity contribution in [1.82, 2.24) is 0 Å². The van der Waals surface area contributed by atoms with E-state index in [1.165, 1.54) is 135 Å². The summed E-state index contributed by atoms with van der Waals surface area (Å²) in [6.07, 6.45) is 82.9. The molecular weight excluding hydrogens is 1000 g/mol. The summed E-state index contributed by atoms with van der Waals surface area (Å²) >= 11 is 0. The number of hydrogen-bond acceptors (Lipinski definition) is 8. The monoisotopic (exact) mass is 1120 g/mol. The molecule has 0 aliphatic heterocycles. The maximum absolute atomic E-state index is 12.8. The van der Waals surface area contributed by atoms with Crippen molar-refractivity contribution in [2.45, 2.75) is 270 Å². The van der Waals surface area contributed by atoms with Gasteiger partial charge in [-0.2, -0.15) is 0 Å². The highest BCUT2D eigenvalue weighted by atomic mass is 31.2. The van der Waals surface area contributed by atoms with Gasteiger partial charge in [0.2, 0.25) is 0 Å². The Hall–Kier alpha value is -3.33. The highest BCUT2D eigenvalue weighted by molar-refractivity contribution is 7.45. The van der Waals surface area contributed by atoms with Crippen LogP contribution in [-0.4, -0.2) is 70.0 Å². The van der Waals surface area contributed by atoms with Gasteiger partial charge in [0.05, 0.1) is 27.7 Å². The number of ether oxygens (including phenoxy) is 2. The Labute approximate surface area is 486 Å². The van der Waals surface area contributed by atoms with Crippen LogP contribution in [0.4, 0.5) is 0 Å². The van der Waals surface area contributed by atoms with Crippen molar-refractivity contribution in [3.8, 4) is 0 Å². The SMILES string of the molecule is CC/C=C\C/C=C\C/C=C\C/C=C\C/C=C\C/C=C\C/C=C\C/C=C\C/C=C\CCCCCC(=O)OC(COC(=O)CCCCCCCCCCCCCCCCCCCCCCCCCC)COP(=O)([O-])OCC[N+](C)(C)C. The van der Waals surface area contributed by atoms with Crippen LogP contribution in [0.25, 0.3) is 0 Å². The van der Waals surface area contributed by atoms with Crippen LogP contribution in [0.2, 0.25) is 0 Å². The van der Waals surface area contributed by atoms with E-state index in [9.17, 15) is 19.0 Å². The molecule has 0 aromatic heterocycles. The third-order valence-corrected chi connectivity index (χ3v) is 14.5. The molecule has 79 heavy (non-hydrogen) atoms. The van der Waals surface area contributed by atoms with Crippen LogP contribution in [0.1, 0.15) is 264 Å². The van der Waals surface area contributed by atoms with Crippen molar-refractivity contribution in [1.29, 1.82) is 0 Å². The number of rotatable bonds is 58. The summed E-state index contributed by atoms with van der Waals surface area (Å²) in [5.41, 5.74) is 0. The van der Waals surface area contributed by atoms with Gasteiger partial charge in [-0.15, -0.1) is 0 Å². The fourth-order valence-electron chi connectivity index (χ4n) is 8.65. The first-order chi connectivity index (χ1) is 38.5. The lowest BCUT2D eigenvalue weighted by atomic mass is 10.0. The van der Waals surface area contributed by atoms with Crippen LogP contribution in [0.5, 0.6) is 0 Å². The van der Waals surface area contributed by atoms with Gasteiger partial charge in [-0.3, -0.25) is 14.2 Å². The van der Waals surface area contributed by atoms with Gasteiger partial charge in [0, 0.05) is 12.8 Å². The largest absolute Gasteiger partial charge is 0.756 e. The summed E-state index contributed by atoms with van der Waals surface area (Å²) in [6.45, 7) is 4.11. The van der Waals surface area contributed by atoms with Crippen molar-refractivity contribution in [3.63, 3.8) is 0 Å². The first-order valence-electron chi connectivity index (χ1n) is 32.1. The molecule has 0 rings (SSSR count). The smallest absolute Gasteiger partial charge is 0.306 e. The predicted octanol–water partition coefficient (Wildman–Crippen LogP) is 19.9. The zero-order chi connectivity index (χ0) is 57.7. The predicted molar refractivity (Wildman–Crippen MR) is 337 cm³/mol. The fourth-order valence-corrected chi connectivity index (χ4v) is 9.38. The third kappa shape index (κ3) is 63.7. The van der Waals surface area contributed by atoms with E-state index in [2.05, 4.69) is 123 Å². The normalized spacial score (nSPS) is 13.9. The zero-order valence-electron chi connectivity index (χ0n) is 51.5. The standard InChI is InChI=1S/C69H120NO8P/c1-6-8-10-12-14-16-18-20-22-24-26-28-30-32-33-34-35-36-37-38-40-42-44-46-48-50-52-54-56-58-60-62-69(72)78-67(66-77-79(73,74)76-64-63-70(3,4)5)65-75-68(71)61-59-57-55-53-51-49-47-45-43-41-39-31-29-27-25-23-21-19-17-15-13-11-9-7-2/h8,10,14,16,20,22,26,28,32-33,35-36,38,40,44,46,50,52,67H,6-7,9,11-13,15,17-19,21,23-25,27,29-31,34,37,39,41-43,45,47-49,51,53-66H2,1-5H3/b10-8-,16-14-,22-20-,28-26-,33-32-,36-35-,40-38-,46-44-,52-50-. The molecule has 10 heteroatoms. The molecule has 0 aliphatic carbocycles. The van der Waals surface area contributed by atoms with E-state index < -0.39 is 32.5 Å². The minimum Gasteiger partial charge on any atom is -0.756 e. The Bertz CT molecular complexity index is 1700. The number of unbranched alkanes of at least 4 members (excludes halogenated alkanes) is 26. The number of phosphoric acid groups is 1. The van der Waals surface area contributed by atoms with Gasteiger partial charge in [0.25, 0.3) is 7.82 Å². The molecule has 2 atom stereocenters. The number of likely N-dealkylation sites (N-methyl/N-ethyl adjacent to an activating group) is 1. The fraction of sp³-hybridized carbons (Fsp3) is 0.710. The Balaban J connectivity index is 4.21. The maximum Gasteiger partial charge on any atom is 0.306 e. The number of phosphoric ester groups is 1. The van der Waals surface area contributed by atoms with E-state index >= 15 is 0 Å². The molecular formula is C69H120NO8P. The summed E-state index contributed by atoms with van der Waals surface area (Å²) in [7, 11) is 1.14. The lowest BCUT2D eigenvalue weighted by molar-refractivity contribution is -0.870. The van der Waals surface area contributed by atoms with E-state index in [1.54, 1.807) is 0 Å². The van der Waals surface area contributed by atoms with Crippen molar-refractivity contribution in [2.75, 3.05) is 47.5 Å². The Morgan fingerprint density at radius 2 is 0.722 bits per heavy atom. The summed E-state index contributed by atoms with van der Waals surface area (Å²) < 4.78 is 34.2. The van der Waals surface area contributed by atoms with E-state index in [0.29, 0.717) is 17.4 Å². The molecule has 0 amide bonds. The van der Waals surface area contributed by atoms with Crippen LogP contribution in [0.3, 0.4) is 0 Å². The zero-order valence-corrected chi connectivity index (χ0v) is 52.4. The van der Waals surface area contributed by atoms with Gasteiger partial charge in [-0.05, 0) is 83.5 Å². The van der Waals surface area contributed by atoms with Gasteiger partial charge in [-0.1, -0.05) is 277 Å². The van der Waals surface area contributed by atoms with Gasteiger partial charge in [-0.25, -0.2) is 0 Å². The molecule has 0 N–H and O–H groups in total. The van der Waals surface area contributed by atoms with Crippen molar-refractivity contribution in [3.05, 3.63) is 109 Å². The van der Waals surface area contributed by atoms with Gasteiger partial charge in [0.1, 0.15) is 19.8 Å². The average Bonchev–Trinajstić information content (AvgIpc) is 3.41. The lowest BCUT2D eigenvalue weighted by Gasteiger charge is -2.28. The molecule has 0 fully saturated rings. The van der Waals surface area contributed by atoms with Crippen molar-refractivity contribution < 1.29 is 42.1 Å². The van der Waals surface area contributed by atoms with Crippen LogP contribution in [0.15, 0.2) is 109 Å². The maximum atomic E-state index is 12.8. The average molecular weight is 1120 g/mol. The van der Waals surface area contributed by atoms with E-state index in [-0.39, 0.29) is 26.1 Å². The number of carbonyl (C=O) groups excluding carboxylic acids is 2. The second-order valence-corrected chi connectivity index (χ2v) is 23.8. The summed E-state index contributed by atoms with van der Waals surface area (Å²) in [4.78, 5) is 38.0. The molecule has 0 spiro atoms. The van der Waals surface area contributed by atoms with E-state index in [1.807, 2.05) is 21.1 Å². The van der Waals surface area contributed by atoms with Crippen LogP contribution in [0, 0.1) is 0 Å². The van der Waals surface area contributed by atoms with Gasteiger partial charge >= 0.3 is 11.9 Å². The number of esters is 2. The second-order valence-electron chi connectivity index (χ2n) is 22.4. The quantitative estimate of drug-likeness (QED) is 0.0195. The molecule has 0 bridgehead atoms. The summed E-state index contributed by atoms with van der Waals surface area (Å²) in [6, 6.07) is 0. The van der Waals surface area contributed by atoms with Crippen molar-refractivity contribution >= 4 is 19.8 Å². The Morgan fingerprint density at radius 1 is 0.405 bits per heavy atom. The van der Waals surface area contributed by atoms with Crippen LogP contribution < -0.4 is 4.89 Å². The molecule has 454 valence electrons. The minimum atomic E-state index is -4.65. The van der Waals surface area contributed by atoms with Gasteiger partial charge in [0.15, 0.2) is 6.10 Å². The summed E-state index contributed by atoms with van der Waals surface area (Å²) in [5.74, 6) is -0.870. The number of hydrogen-bond donors (Lipinski definition) is 0. The topological polar surface area (TPSA) is 111 Å². The molecule has 2 unspecified atom stereocenters. The van der Waals surface area contributed by atoms with Crippen LogP contribution >= 0.6 is 7.82 Å². The Morgan fingerprint density at radius 3 is 1.08 bits per heavy atom. The highest BCUT2D eigenvalue weighted by Crippen LogP contribution is 2.38. The van der Waals surface area contributed by atoms with Gasteiger partial charge < -0.3 is 27.9 Å². The lowest BCUT2D eigenvalue weighted by Crippen LogP contribution is -2.37. The second kappa shape index (κ2) is 59.3. The number of carbonyl (C=O) groups is 2. The number of allylic oxidation sites excluding steroid dienone is 18. The molecule has 0 aromatic carbocycles.